The molecular formula is C14H13Cl2NO3. The number of aryl methyl sites for hydroxylation is 1. The number of methoxy groups -OCH3 is 1. The van der Waals surface area contributed by atoms with Crippen LogP contribution < -0.4 is 4.74 Å². The highest BCUT2D eigenvalue weighted by molar-refractivity contribution is 6.39. The molecule has 0 saturated carbocycles. The van der Waals surface area contributed by atoms with Crippen LogP contribution in [0.4, 0.5) is 0 Å². The van der Waals surface area contributed by atoms with Crippen molar-refractivity contribution in [2.24, 2.45) is 0 Å². The average Bonchev–Trinajstić information content (AvgIpc) is 2.41. The minimum atomic E-state index is -0.788. The smallest absolute Gasteiger partial charge is 0.346 e. The van der Waals surface area contributed by atoms with E-state index in [1.807, 2.05) is 19.1 Å². The topological polar surface area (TPSA) is 48.4 Å². The van der Waals surface area contributed by atoms with Gasteiger partial charge in [-0.15, -0.1) is 0 Å². The summed E-state index contributed by atoms with van der Waals surface area (Å²) < 4.78 is 10.2. The summed E-state index contributed by atoms with van der Waals surface area (Å²) in [7, 11) is 1.30. The number of carbonyl (C=O) groups is 1. The number of esters is 1. The molecule has 106 valence electrons. The summed E-state index contributed by atoms with van der Waals surface area (Å²) in [5.41, 5.74) is 1.32. The van der Waals surface area contributed by atoms with Crippen LogP contribution in [0.25, 0.3) is 10.9 Å². The van der Waals surface area contributed by atoms with Gasteiger partial charge in [-0.05, 0) is 32.0 Å². The highest BCUT2D eigenvalue weighted by Crippen LogP contribution is 2.37. The monoisotopic (exact) mass is 313 g/mol. The van der Waals surface area contributed by atoms with Gasteiger partial charge in [0, 0.05) is 11.1 Å². The summed E-state index contributed by atoms with van der Waals surface area (Å²) in [5, 5.41) is 1.50. The molecule has 0 aliphatic carbocycles. The SMILES string of the molecule is COC(=O)C(C)Oc1c(Cl)cc(Cl)c2ccc(C)nc12. The van der Waals surface area contributed by atoms with Crippen molar-refractivity contribution in [3.8, 4) is 5.75 Å². The molecule has 0 N–H and O–H groups in total. The Morgan fingerprint density at radius 3 is 2.65 bits per heavy atom. The second-order valence-corrected chi connectivity index (χ2v) is 5.12. The molecular weight excluding hydrogens is 301 g/mol. The van der Waals surface area contributed by atoms with Crippen molar-refractivity contribution < 1.29 is 14.3 Å². The van der Waals surface area contributed by atoms with Crippen LogP contribution in [0.15, 0.2) is 18.2 Å². The first-order valence-corrected chi connectivity index (χ1v) is 6.69. The lowest BCUT2D eigenvalue weighted by atomic mass is 10.2. The normalized spacial score (nSPS) is 12.2. The van der Waals surface area contributed by atoms with E-state index in [4.69, 9.17) is 27.9 Å². The van der Waals surface area contributed by atoms with Gasteiger partial charge in [0.15, 0.2) is 11.9 Å². The summed E-state index contributed by atoms with van der Waals surface area (Å²) in [6, 6.07) is 5.25. The zero-order valence-electron chi connectivity index (χ0n) is 11.2. The van der Waals surface area contributed by atoms with E-state index in [0.717, 1.165) is 5.69 Å². The van der Waals surface area contributed by atoms with Gasteiger partial charge in [-0.3, -0.25) is 0 Å². The van der Waals surface area contributed by atoms with Crippen LogP contribution in [-0.2, 0) is 9.53 Å². The number of nitrogens with zero attached hydrogens (tertiary/aromatic N) is 1. The van der Waals surface area contributed by atoms with Gasteiger partial charge in [0.05, 0.1) is 17.2 Å². The number of fused-ring (bicyclic) bond motifs is 1. The van der Waals surface area contributed by atoms with E-state index in [9.17, 15) is 4.79 Å². The summed E-state index contributed by atoms with van der Waals surface area (Å²) >= 11 is 12.3. The Bertz CT molecular complexity index is 673. The Morgan fingerprint density at radius 2 is 2.00 bits per heavy atom. The summed E-state index contributed by atoms with van der Waals surface area (Å²) in [5.74, 6) is -0.163. The molecule has 1 heterocycles. The van der Waals surface area contributed by atoms with Crippen molar-refractivity contribution in [1.82, 2.24) is 4.98 Å². The van der Waals surface area contributed by atoms with E-state index in [-0.39, 0.29) is 0 Å². The van der Waals surface area contributed by atoms with Crippen LogP contribution in [-0.4, -0.2) is 24.2 Å². The molecule has 0 aliphatic rings. The standard InChI is InChI=1S/C14H13Cl2NO3/c1-7-4-5-9-10(15)6-11(16)13(12(9)17-7)20-8(2)14(18)19-3/h4-6,8H,1-3H3. The first kappa shape index (κ1) is 14.9. The maximum absolute atomic E-state index is 11.5. The Labute approximate surface area is 126 Å². The zero-order chi connectivity index (χ0) is 14.9. The fourth-order valence-electron chi connectivity index (χ4n) is 1.79. The molecule has 0 spiro atoms. The maximum Gasteiger partial charge on any atom is 0.346 e. The third-order valence-electron chi connectivity index (χ3n) is 2.80. The number of benzene rings is 1. The minimum Gasteiger partial charge on any atom is -0.475 e. The third-order valence-corrected chi connectivity index (χ3v) is 3.40. The van der Waals surface area contributed by atoms with Crippen LogP contribution in [0.2, 0.25) is 10.0 Å². The van der Waals surface area contributed by atoms with E-state index >= 15 is 0 Å². The second-order valence-electron chi connectivity index (χ2n) is 4.30. The number of hydrogen-bond acceptors (Lipinski definition) is 4. The van der Waals surface area contributed by atoms with Crippen molar-refractivity contribution in [3.63, 3.8) is 0 Å². The molecule has 1 aromatic carbocycles. The maximum atomic E-state index is 11.5. The van der Waals surface area contributed by atoms with Crippen LogP contribution in [0.5, 0.6) is 5.75 Å². The highest BCUT2D eigenvalue weighted by atomic mass is 35.5. The predicted molar refractivity (Wildman–Crippen MR) is 78.6 cm³/mol. The molecule has 4 nitrogen and oxygen atoms in total. The molecule has 0 aliphatic heterocycles. The fourth-order valence-corrected chi connectivity index (χ4v) is 2.35. The molecule has 1 atom stereocenters. The van der Waals surface area contributed by atoms with Gasteiger partial charge in [-0.2, -0.15) is 0 Å². The van der Waals surface area contributed by atoms with E-state index < -0.39 is 12.1 Å². The number of ether oxygens (including phenoxy) is 2. The van der Waals surface area contributed by atoms with Crippen LogP contribution in [0.3, 0.4) is 0 Å². The van der Waals surface area contributed by atoms with Gasteiger partial charge in [0.2, 0.25) is 0 Å². The number of hydrogen-bond donors (Lipinski definition) is 0. The molecule has 0 amide bonds. The number of pyridine rings is 1. The largest absolute Gasteiger partial charge is 0.475 e. The Morgan fingerprint density at radius 1 is 1.30 bits per heavy atom. The lowest BCUT2D eigenvalue weighted by molar-refractivity contribution is -0.147. The second kappa shape index (κ2) is 5.85. The van der Waals surface area contributed by atoms with Gasteiger partial charge in [0.1, 0.15) is 5.52 Å². The van der Waals surface area contributed by atoms with Crippen molar-refractivity contribution in [3.05, 3.63) is 33.9 Å². The van der Waals surface area contributed by atoms with Crippen molar-refractivity contribution in [2.75, 3.05) is 7.11 Å². The molecule has 1 unspecified atom stereocenters. The van der Waals surface area contributed by atoms with E-state index in [2.05, 4.69) is 9.72 Å². The Balaban J connectivity index is 2.57. The number of halogens is 2. The number of rotatable bonds is 3. The fraction of sp³-hybridized carbons (Fsp3) is 0.286. The summed E-state index contributed by atoms with van der Waals surface area (Å²) in [4.78, 5) is 15.9. The average molecular weight is 314 g/mol. The molecule has 1 aromatic heterocycles. The highest BCUT2D eigenvalue weighted by Gasteiger charge is 2.20. The molecule has 6 heteroatoms. The third kappa shape index (κ3) is 2.81. The lowest BCUT2D eigenvalue weighted by Crippen LogP contribution is -2.25. The predicted octanol–water partition coefficient (Wildman–Crippen LogP) is 3.79. The van der Waals surface area contributed by atoms with Gasteiger partial charge in [0.25, 0.3) is 0 Å². The number of carbonyl (C=O) groups excluding carboxylic acids is 1. The van der Waals surface area contributed by atoms with Crippen molar-refractivity contribution in [1.29, 1.82) is 0 Å². The zero-order valence-corrected chi connectivity index (χ0v) is 12.7. The van der Waals surface area contributed by atoms with Gasteiger partial charge < -0.3 is 9.47 Å². The molecule has 0 radical (unpaired) electrons. The molecule has 0 saturated heterocycles. The van der Waals surface area contributed by atoms with Gasteiger partial charge >= 0.3 is 5.97 Å². The number of aromatic nitrogens is 1. The Kier molecular flexibility index (Phi) is 4.35. The van der Waals surface area contributed by atoms with Crippen molar-refractivity contribution >= 4 is 40.1 Å². The molecule has 2 rings (SSSR count). The first-order chi connectivity index (χ1) is 9.43. The summed E-state index contributed by atoms with van der Waals surface area (Å²) in [6.07, 6.45) is -0.788. The quantitative estimate of drug-likeness (QED) is 0.809. The Hall–Kier alpha value is -1.52. The van der Waals surface area contributed by atoms with Crippen LogP contribution >= 0.6 is 23.2 Å². The van der Waals surface area contributed by atoms with Gasteiger partial charge in [-0.1, -0.05) is 23.2 Å². The van der Waals surface area contributed by atoms with E-state index in [1.165, 1.54) is 7.11 Å². The first-order valence-electron chi connectivity index (χ1n) is 5.94. The van der Waals surface area contributed by atoms with E-state index in [1.54, 1.807) is 13.0 Å². The molecule has 2 aromatic rings. The minimum absolute atomic E-state index is 0.302. The van der Waals surface area contributed by atoms with Gasteiger partial charge in [-0.25, -0.2) is 9.78 Å². The molecule has 20 heavy (non-hydrogen) atoms. The lowest BCUT2D eigenvalue weighted by Gasteiger charge is -2.16. The summed E-state index contributed by atoms with van der Waals surface area (Å²) in [6.45, 7) is 3.43. The van der Waals surface area contributed by atoms with E-state index in [0.29, 0.717) is 26.7 Å². The van der Waals surface area contributed by atoms with Crippen LogP contribution in [0, 0.1) is 6.92 Å². The van der Waals surface area contributed by atoms with Crippen molar-refractivity contribution in [2.45, 2.75) is 20.0 Å². The van der Waals surface area contributed by atoms with Crippen LogP contribution in [0.1, 0.15) is 12.6 Å². The molecule has 0 bridgehead atoms. The molecule has 0 fully saturated rings.